The number of rotatable bonds is 6. The standard InChI is InChI=1S/C17H17N7O3/c18-14(25)4-6-20-17(27)22-12-3-1-2-11(10-12)21-15(26)13-5-8-24-9-7-19-16(24)23-13/h1-3,5,7-10H,4,6H2,(H2,18,25)(H,21,26)(H2,20,22,27). The maximum absolute atomic E-state index is 12.4. The Morgan fingerprint density at radius 1 is 1.07 bits per heavy atom. The van der Waals surface area contributed by atoms with Gasteiger partial charge in [-0.25, -0.2) is 14.8 Å². The van der Waals surface area contributed by atoms with Crippen LogP contribution in [0.3, 0.4) is 0 Å². The number of amides is 4. The molecule has 0 spiro atoms. The van der Waals surface area contributed by atoms with Gasteiger partial charge in [-0.05, 0) is 24.3 Å². The fourth-order valence-electron chi connectivity index (χ4n) is 2.27. The first-order valence-electron chi connectivity index (χ1n) is 8.05. The van der Waals surface area contributed by atoms with Crippen LogP contribution in [0.2, 0.25) is 0 Å². The molecule has 0 aliphatic heterocycles. The molecule has 0 radical (unpaired) electrons. The van der Waals surface area contributed by atoms with Crippen molar-refractivity contribution in [2.75, 3.05) is 17.2 Å². The number of anilines is 2. The average molecular weight is 367 g/mol. The highest BCUT2D eigenvalue weighted by Gasteiger charge is 2.10. The molecule has 138 valence electrons. The summed E-state index contributed by atoms with van der Waals surface area (Å²) in [5, 5.41) is 7.83. The van der Waals surface area contributed by atoms with Gasteiger partial charge in [-0.3, -0.25) is 14.0 Å². The molecule has 10 nitrogen and oxygen atoms in total. The van der Waals surface area contributed by atoms with Gasteiger partial charge in [0.25, 0.3) is 5.91 Å². The number of primary amides is 1. The number of benzene rings is 1. The second kappa shape index (κ2) is 7.95. The highest BCUT2D eigenvalue weighted by atomic mass is 16.2. The first kappa shape index (κ1) is 17.9. The third-order valence-corrected chi connectivity index (χ3v) is 3.53. The molecule has 0 atom stereocenters. The summed E-state index contributed by atoms with van der Waals surface area (Å²) in [6.07, 6.45) is 5.07. The number of nitrogens with zero attached hydrogens (tertiary/aromatic N) is 3. The Hall–Kier alpha value is -3.95. The second-order valence-electron chi connectivity index (χ2n) is 5.58. The van der Waals surface area contributed by atoms with Crippen LogP contribution in [0.25, 0.3) is 5.78 Å². The van der Waals surface area contributed by atoms with Crippen molar-refractivity contribution in [3.05, 3.63) is 54.6 Å². The number of imidazole rings is 1. The van der Waals surface area contributed by atoms with E-state index < -0.39 is 17.8 Å². The van der Waals surface area contributed by atoms with Gasteiger partial charge in [-0.1, -0.05) is 6.07 Å². The molecule has 0 saturated carbocycles. The van der Waals surface area contributed by atoms with Gasteiger partial charge in [0.1, 0.15) is 5.69 Å². The average Bonchev–Trinajstić information content (AvgIpc) is 3.09. The molecule has 1 aromatic carbocycles. The number of hydrogen-bond donors (Lipinski definition) is 4. The van der Waals surface area contributed by atoms with Crippen LogP contribution in [-0.4, -0.2) is 38.8 Å². The van der Waals surface area contributed by atoms with Crippen LogP contribution in [0.1, 0.15) is 16.9 Å². The minimum Gasteiger partial charge on any atom is -0.370 e. The normalized spacial score (nSPS) is 10.4. The van der Waals surface area contributed by atoms with Gasteiger partial charge in [0.15, 0.2) is 0 Å². The maximum atomic E-state index is 12.4. The van der Waals surface area contributed by atoms with Crippen molar-refractivity contribution in [3.63, 3.8) is 0 Å². The topological polar surface area (TPSA) is 144 Å². The molecule has 27 heavy (non-hydrogen) atoms. The van der Waals surface area contributed by atoms with E-state index in [4.69, 9.17) is 5.73 Å². The fraction of sp³-hybridized carbons (Fsp3) is 0.118. The Morgan fingerprint density at radius 3 is 2.63 bits per heavy atom. The van der Waals surface area contributed by atoms with Gasteiger partial charge in [-0.2, -0.15) is 0 Å². The van der Waals surface area contributed by atoms with Gasteiger partial charge < -0.3 is 21.7 Å². The molecule has 2 heterocycles. The van der Waals surface area contributed by atoms with Crippen molar-refractivity contribution in [3.8, 4) is 0 Å². The van der Waals surface area contributed by atoms with E-state index in [0.29, 0.717) is 17.2 Å². The van der Waals surface area contributed by atoms with Crippen LogP contribution < -0.4 is 21.7 Å². The number of aromatic nitrogens is 3. The molecule has 0 aliphatic rings. The van der Waals surface area contributed by atoms with Crippen molar-refractivity contribution in [2.45, 2.75) is 6.42 Å². The number of carbonyl (C=O) groups excluding carboxylic acids is 3. The lowest BCUT2D eigenvalue weighted by Gasteiger charge is -2.09. The lowest BCUT2D eigenvalue weighted by molar-refractivity contribution is -0.117. The Balaban J connectivity index is 1.62. The van der Waals surface area contributed by atoms with Crippen molar-refractivity contribution in [1.82, 2.24) is 19.7 Å². The molecule has 3 rings (SSSR count). The zero-order chi connectivity index (χ0) is 19.2. The van der Waals surface area contributed by atoms with Gasteiger partial charge in [0, 0.05) is 42.9 Å². The van der Waals surface area contributed by atoms with E-state index in [1.54, 1.807) is 53.3 Å². The van der Waals surface area contributed by atoms with E-state index in [9.17, 15) is 14.4 Å². The quantitative estimate of drug-likeness (QED) is 0.513. The second-order valence-corrected chi connectivity index (χ2v) is 5.58. The van der Waals surface area contributed by atoms with Crippen LogP contribution >= 0.6 is 0 Å². The minimum atomic E-state index is -0.498. The molecule has 0 bridgehead atoms. The summed E-state index contributed by atoms with van der Waals surface area (Å²) in [6.45, 7) is 0.138. The molecule has 0 saturated heterocycles. The fourth-order valence-corrected chi connectivity index (χ4v) is 2.27. The van der Waals surface area contributed by atoms with Crippen molar-refractivity contribution >= 4 is 35.0 Å². The molecule has 0 fully saturated rings. The largest absolute Gasteiger partial charge is 0.370 e. The zero-order valence-corrected chi connectivity index (χ0v) is 14.2. The van der Waals surface area contributed by atoms with E-state index in [0.717, 1.165) is 0 Å². The Bertz CT molecular complexity index is 999. The molecule has 0 unspecified atom stereocenters. The molecule has 4 amide bonds. The van der Waals surface area contributed by atoms with E-state index in [1.807, 2.05) is 0 Å². The first-order valence-corrected chi connectivity index (χ1v) is 8.05. The summed E-state index contributed by atoms with van der Waals surface area (Å²) >= 11 is 0. The number of urea groups is 1. The van der Waals surface area contributed by atoms with Crippen molar-refractivity contribution in [2.24, 2.45) is 5.73 Å². The molecule has 2 aromatic heterocycles. The predicted molar refractivity (Wildman–Crippen MR) is 98.2 cm³/mol. The smallest absolute Gasteiger partial charge is 0.319 e. The van der Waals surface area contributed by atoms with Crippen LogP contribution in [0.15, 0.2) is 48.9 Å². The first-order chi connectivity index (χ1) is 13.0. The Morgan fingerprint density at radius 2 is 1.85 bits per heavy atom. The summed E-state index contributed by atoms with van der Waals surface area (Å²) in [5.41, 5.74) is 6.19. The monoisotopic (exact) mass is 367 g/mol. The Kier molecular flexibility index (Phi) is 5.26. The van der Waals surface area contributed by atoms with Gasteiger partial charge in [-0.15, -0.1) is 0 Å². The lowest BCUT2D eigenvalue weighted by Crippen LogP contribution is -2.31. The third-order valence-electron chi connectivity index (χ3n) is 3.53. The summed E-state index contributed by atoms with van der Waals surface area (Å²) in [6, 6.07) is 7.73. The predicted octanol–water partition coefficient (Wildman–Crippen LogP) is 0.978. The highest BCUT2D eigenvalue weighted by Crippen LogP contribution is 2.16. The third kappa shape index (κ3) is 4.78. The van der Waals surface area contributed by atoms with Gasteiger partial charge >= 0.3 is 6.03 Å². The van der Waals surface area contributed by atoms with Gasteiger partial charge in [0.05, 0.1) is 0 Å². The Labute approximate surface area is 153 Å². The number of nitrogens with one attached hydrogen (secondary N) is 3. The van der Waals surface area contributed by atoms with Crippen LogP contribution in [0, 0.1) is 0 Å². The van der Waals surface area contributed by atoms with Crippen LogP contribution in [-0.2, 0) is 4.79 Å². The zero-order valence-electron chi connectivity index (χ0n) is 14.2. The summed E-state index contributed by atoms with van der Waals surface area (Å²) < 4.78 is 1.69. The lowest BCUT2D eigenvalue weighted by atomic mass is 10.2. The molecule has 10 heteroatoms. The number of carbonyl (C=O) groups is 3. The summed E-state index contributed by atoms with van der Waals surface area (Å²) in [7, 11) is 0. The maximum Gasteiger partial charge on any atom is 0.319 e. The number of nitrogens with two attached hydrogens (primary N) is 1. The van der Waals surface area contributed by atoms with E-state index in [1.165, 1.54) is 0 Å². The molecule has 3 aromatic rings. The van der Waals surface area contributed by atoms with E-state index >= 15 is 0 Å². The molecular formula is C17H17N7O3. The number of hydrogen-bond acceptors (Lipinski definition) is 5. The summed E-state index contributed by atoms with van der Waals surface area (Å²) in [4.78, 5) is 43.0. The highest BCUT2D eigenvalue weighted by molar-refractivity contribution is 6.03. The van der Waals surface area contributed by atoms with Crippen molar-refractivity contribution in [1.29, 1.82) is 0 Å². The summed E-state index contributed by atoms with van der Waals surface area (Å²) in [5.74, 6) is -0.476. The van der Waals surface area contributed by atoms with Crippen LogP contribution in [0.4, 0.5) is 16.2 Å². The molecule has 0 aliphatic carbocycles. The van der Waals surface area contributed by atoms with E-state index in [2.05, 4.69) is 25.9 Å². The minimum absolute atomic E-state index is 0.0530. The van der Waals surface area contributed by atoms with Crippen molar-refractivity contribution < 1.29 is 14.4 Å². The van der Waals surface area contributed by atoms with Crippen LogP contribution in [0.5, 0.6) is 0 Å². The molecular weight excluding hydrogens is 350 g/mol. The SMILES string of the molecule is NC(=O)CCNC(=O)Nc1cccc(NC(=O)c2ccn3ccnc3n2)c1. The van der Waals surface area contributed by atoms with Gasteiger partial charge in [0.2, 0.25) is 11.7 Å². The number of fused-ring (bicyclic) bond motifs is 1. The van der Waals surface area contributed by atoms with E-state index in [-0.39, 0.29) is 18.7 Å². The molecule has 5 N–H and O–H groups in total.